The van der Waals surface area contributed by atoms with Gasteiger partial charge >= 0.3 is 0 Å². The first-order valence-electron chi connectivity index (χ1n) is 7.81. The molecular formula is C15H30N4O. The minimum Gasteiger partial charge on any atom is -0.368 e. The number of piperazine rings is 1. The van der Waals surface area contributed by atoms with E-state index in [1.54, 1.807) is 0 Å². The zero-order valence-electron chi connectivity index (χ0n) is 13.4. The number of rotatable bonds is 4. The Balaban J connectivity index is 2.04. The highest BCUT2D eigenvalue weighted by Gasteiger charge is 2.46. The number of primary amides is 1. The van der Waals surface area contributed by atoms with E-state index < -0.39 is 5.54 Å². The topological polar surface area (TPSA) is 61.6 Å². The second-order valence-electron chi connectivity index (χ2n) is 7.08. The van der Waals surface area contributed by atoms with Crippen LogP contribution < -0.4 is 11.1 Å². The van der Waals surface area contributed by atoms with Crippen LogP contribution in [0, 0.1) is 0 Å². The summed E-state index contributed by atoms with van der Waals surface area (Å²) in [6.07, 6.45) is 2.79. The zero-order chi connectivity index (χ0) is 15.0. The molecule has 0 spiro atoms. The van der Waals surface area contributed by atoms with E-state index in [0.29, 0.717) is 6.04 Å². The molecule has 0 radical (unpaired) electrons. The van der Waals surface area contributed by atoms with Gasteiger partial charge in [0.05, 0.1) is 5.54 Å². The summed E-state index contributed by atoms with van der Waals surface area (Å²) in [7, 11) is 2.19. The summed E-state index contributed by atoms with van der Waals surface area (Å²) in [5.41, 5.74) is 5.38. The Morgan fingerprint density at radius 1 is 1.40 bits per heavy atom. The molecule has 1 aliphatic carbocycles. The number of likely N-dealkylation sites (N-methyl/N-ethyl adjacent to an activating group) is 2. The molecule has 2 aliphatic rings. The van der Waals surface area contributed by atoms with E-state index in [2.05, 4.69) is 36.0 Å². The Morgan fingerprint density at radius 3 is 2.65 bits per heavy atom. The molecular weight excluding hydrogens is 252 g/mol. The fourth-order valence-electron chi connectivity index (χ4n) is 3.73. The molecule has 2 atom stereocenters. The summed E-state index contributed by atoms with van der Waals surface area (Å²) in [6.45, 7) is 10.7. The molecule has 2 rings (SSSR count). The van der Waals surface area contributed by atoms with Crippen molar-refractivity contribution in [2.75, 3.05) is 33.2 Å². The molecule has 1 saturated carbocycles. The van der Waals surface area contributed by atoms with Gasteiger partial charge in [-0.15, -0.1) is 0 Å². The summed E-state index contributed by atoms with van der Waals surface area (Å²) in [6, 6.07) is 0.481. The number of nitrogens with two attached hydrogens (primary N) is 1. The molecule has 0 aromatic heterocycles. The van der Waals surface area contributed by atoms with Crippen molar-refractivity contribution in [3.05, 3.63) is 0 Å². The summed E-state index contributed by atoms with van der Waals surface area (Å²) in [4.78, 5) is 16.8. The summed E-state index contributed by atoms with van der Waals surface area (Å²) in [5, 5.41) is 3.34. The largest absolute Gasteiger partial charge is 0.368 e. The maximum atomic E-state index is 11.9. The number of hydrogen-bond acceptors (Lipinski definition) is 4. The van der Waals surface area contributed by atoms with Crippen LogP contribution in [-0.2, 0) is 4.79 Å². The van der Waals surface area contributed by atoms with Gasteiger partial charge in [0.1, 0.15) is 0 Å². The van der Waals surface area contributed by atoms with Crippen molar-refractivity contribution < 1.29 is 4.79 Å². The standard InChI is InChI=1S/C15H30N4O/c1-5-17-15(13(16)20)7-6-12(10-15)19-9-8-18(4)14(2,3)11-19/h12,17H,5-11H2,1-4H3,(H2,16,20). The number of carbonyl (C=O) groups excluding carboxylic acids is 1. The summed E-state index contributed by atoms with van der Waals surface area (Å²) in [5.74, 6) is -0.185. The van der Waals surface area contributed by atoms with Crippen molar-refractivity contribution in [3.8, 4) is 0 Å². The van der Waals surface area contributed by atoms with E-state index in [-0.39, 0.29) is 11.4 Å². The third kappa shape index (κ3) is 2.85. The highest BCUT2D eigenvalue weighted by atomic mass is 16.1. The Morgan fingerprint density at radius 2 is 2.10 bits per heavy atom. The molecule has 0 bridgehead atoms. The van der Waals surface area contributed by atoms with Crippen molar-refractivity contribution in [2.24, 2.45) is 5.73 Å². The van der Waals surface area contributed by atoms with Crippen LogP contribution >= 0.6 is 0 Å². The molecule has 0 aromatic rings. The van der Waals surface area contributed by atoms with Crippen molar-refractivity contribution >= 4 is 5.91 Å². The van der Waals surface area contributed by atoms with Gasteiger partial charge < -0.3 is 11.1 Å². The lowest BCUT2D eigenvalue weighted by Gasteiger charge is -2.47. The lowest BCUT2D eigenvalue weighted by Crippen LogP contribution is -2.60. The average Bonchev–Trinajstić information content (AvgIpc) is 2.79. The average molecular weight is 282 g/mol. The molecule has 20 heavy (non-hydrogen) atoms. The molecule has 2 unspecified atom stereocenters. The van der Waals surface area contributed by atoms with Crippen LogP contribution in [0.1, 0.15) is 40.0 Å². The molecule has 1 aliphatic heterocycles. The third-order valence-corrected chi connectivity index (χ3v) is 5.34. The first-order valence-corrected chi connectivity index (χ1v) is 7.81. The van der Waals surface area contributed by atoms with E-state index in [9.17, 15) is 4.79 Å². The summed E-state index contributed by atoms with van der Waals surface area (Å²) < 4.78 is 0. The Bertz CT molecular complexity index is 371. The predicted molar refractivity (Wildman–Crippen MR) is 81.5 cm³/mol. The highest BCUT2D eigenvalue weighted by Crippen LogP contribution is 2.35. The van der Waals surface area contributed by atoms with Crippen LogP contribution in [0.25, 0.3) is 0 Å². The minimum absolute atomic E-state index is 0.185. The Kier molecular flexibility index (Phi) is 4.42. The van der Waals surface area contributed by atoms with Crippen molar-refractivity contribution in [1.82, 2.24) is 15.1 Å². The number of hydrogen-bond donors (Lipinski definition) is 2. The molecule has 0 aromatic carbocycles. The fraction of sp³-hybridized carbons (Fsp3) is 0.933. The SMILES string of the molecule is CCNC1(C(N)=O)CCC(N2CCN(C)C(C)(C)C2)C1. The van der Waals surface area contributed by atoms with Crippen LogP contribution in [-0.4, -0.2) is 66.1 Å². The van der Waals surface area contributed by atoms with Gasteiger partial charge in [-0.2, -0.15) is 0 Å². The first kappa shape index (κ1) is 15.7. The van der Waals surface area contributed by atoms with Gasteiger partial charge in [-0.05, 0) is 46.7 Å². The molecule has 1 heterocycles. The van der Waals surface area contributed by atoms with E-state index >= 15 is 0 Å². The second kappa shape index (κ2) is 5.62. The molecule has 5 nitrogen and oxygen atoms in total. The maximum absolute atomic E-state index is 11.9. The van der Waals surface area contributed by atoms with Crippen LogP contribution in [0.5, 0.6) is 0 Å². The van der Waals surface area contributed by atoms with Gasteiger partial charge in [-0.1, -0.05) is 6.92 Å². The van der Waals surface area contributed by atoms with Gasteiger partial charge in [-0.3, -0.25) is 14.6 Å². The van der Waals surface area contributed by atoms with E-state index in [1.807, 2.05) is 6.92 Å². The third-order valence-electron chi connectivity index (χ3n) is 5.34. The monoisotopic (exact) mass is 282 g/mol. The van der Waals surface area contributed by atoms with E-state index in [4.69, 9.17) is 5.73 Å². The van der Waals surface area contributed by atoms with Gasteiger partial charge in [0, 0.05) is 31.2 Å². The highest BCUT2D eigenvalue weighted by molar-refractivity contribution is 5.85. The lowest BCUT2D eigenvalue weighted by molar-refractivity contribution is -0.124. The minimum atomic E-state index is -0.479. The zero-order valence-corrected chi connectivity index (χ0v) is 13.4. The molecule has 116 valence electrons. The second-order valence-corrected chi connectivity index (χ2v) is 7.08. The molecule has 1 saturated heterocycles. The smallest absolute Gasteiger partial charge is 0.237 e. The molecule has 2 fully saturated rings. The van der Waals surface area contributed by atoms with Crippen LogP contribution in [0.4, 0.5) is 0 Å². The lowest BCUT2D eigenvalue weighted by atomic mass is 9.94. The van der Waals surface area contributed by atoms with Crippen LogP contribution in [0.2, 0.25) is 0 Å². The number of amides is 1. The van der Waals surface area contributed by atoms with Gasteiger partial charge in [0.15, 0.2) is 0 Å². The van der Waals surface area contributed by atoms with E-state index in [1.165, 1.54) is 0 Å². The molecule has 5 heteroatoms. The Hall–Kier alpha value is -0.650. The maximum Gasteiger partial charge on any atom is 0.237 e. The van der Waals surface area contributed by atoms with Gasteiger partial charge in [0.25, 0.3) is 0 Å². The normalized spacial score (nSPS) is 35.3. The van der Waals surface area contributed by atoms with Crippen molar-refractivity contribution in [3.63, 3.8) is 0 Å². The van der Waals surface area contributed by atoms with Crippen LogP contribution in [0.3, 0.4) is 0 Å². The quantitative estimate of drug-likeness (QED) is 0.783. The van der Waals surface area contributed by atoms with E-state index in [0.717, 1.165) is 45.4 Å². The first-order chi connectivity index (χ1) is 9.31. The van der Waals surface area contributed by atoms with Crippen molar-refractivity contribution in [2.45, 2.75) is 57.2 Å². The van der Waals surface area contributed by atoms with Gasteiger partial charge in [0.2, 0.25) is 5.91 Å². The molecule has 3 N–H and O–H groups in total. The number of carbonyl (C=O) groups is 1. The molecule has 1 amide bonds. The predicted octanol–water partition coefficient (Wildman–Crippen LogP) is 0.399. The fourth-order valence-corrected chi connectivity index (χ4v) is 3.73. The Labute approximate surface area is 122 Å². The number of nitrogens with zero attached hydrogens (tertiary/aromatic N) is 2. The summed E-state index contributed by atoms with van der Waals surface area (Å²) >= 11 is 0. The van der Waals surface area contributed by atoms with Crippen molar-refractivity contribution in [1.29, 1.82) is 0 Å². The number of nitrogens with one attached hydrogen (secondary N) is 1. The van der Waals surface area contributed by atoms with Crippen LogP contribution in [0.15, 0.2) is 0 Å². The van der Waals surface area contributed by atoms with Gasteiger partial charge in [-0.25, -0.2) is 0 Å².